The van der Waals surface area contributed by atoms with Gasteiger partial charge in [0.05, 0.1) is 0 Å². The Morgan fingerprint density at radius 2 is 2.21 bits per heavy atom. The van der Waals surface area contributed by atoms with Gasteiger partial charge in [-0.2, -0.15) is 0 Å². The number of carboxylic acids is 1. The molecule has 0 bridgehead atoms. The van der Waals surface area contributed by atoms with Crippen LogP contribution in [0.25, 0.3) is 0 Å². The van der Waals surface area contributed by atoms with Gasteiger partial charge in [0, 0.05) is 10.9 Å². The first-order valence-corrected chi connectivity index (χ1v) is 6.46. The van der Waals surface area contributed by atoms with Crippen molar-refractivity contribution in [3.8, 4) is 0 Å². The molecule has 0 radical (unpaired) electrons. The van der Waals surface area contributed by atoms with E-state index in [-0.39, 0.29) is 0 Å². The van der Waals surface area contributed by atoms with Gasteiger partial charge in [-0.15, -0.1) is 5.10 Å². The number of rotatable bonds is 4. The second kappa shape index (κ2) is 5.08. The number of carboxylic acid groups (broad SMARTS) is 1. The maximum atomic E-state index is 11.3. The molecule has 0 aliphatic carbocycles. The van der Waals surface area contributed by atoms with E-state index in [0.717, 1.165) is 10.0 Å². The number of hydrogen-bond acceptors (Lipinski definition) is 4. The number of aliphatic carboxylic acids is 1. The standard InChI is InChI=1S/C12H13BrN4O2/c1-12(2,11(18)19)17-10(14-15-16-17)7-8-4-3-5-9(13)6-8/h3-6H,7H2,1-2H3,(H,18,19). The largest absolute Gasteiger partial charge is 0.479 e. The lowest BCUT2D eigenvalue weighted by molar-refractivity contribution is -0.146. The molecule has 100 valence electrons. The monoisotopic (exact) mass is 324 g/mol. The molecule has 0 atom stereocenters. The molecule has 19 heavy (non-hydrogen) atoms. The lowest BCUT2D eigenvalue weighted by Crippen LogP contribution is -2.38. The molecule has 0 aliphatic rings. The molecule has 1 aromatic carbocycles. The number of aromatic nitrogens is 4. The van der Waals surface area contributed by atoms with Gasteiger partial charge in [-0.1, -0.05) is 28.1 Å². The second-order valence-corrected chi connectivity index (χ2v) is 5.59. The minimum atomic E-state index is -1.18. The highest BCUT2D eigenvalue weighted by Gasteiger charge is 2.33. The van der Waals surface area contributed by atoms with Gasteiger partial charge in [-0.05, 0) is 42.0 Å². The fourth-order valence-electron chi connectivity index (χ4n) is 1.67. The summed E-state index contributed by atoms with van der Waals surface area (Å²) in [5, 5.41) is 20.5. The topological polar surface area (TPSA) is 80.9 Å². The summed E-state index contributed by atoms with van der Waals surface area (Å²) < 4.78 is 2.30. The van der Waals surface area contributed by atoms with Crippen LogP contribution in [0.15, 0.2) is 28.7 Å². The van der Waals surface area contributed by atoms with Crippen molar-refractivity contribution < 1.29 is 9.90 Å². The van der Waals surface area contributed by atoms with Crippen LogP contribution in [0.1, 0.15) is 25.2 Å². The van der Waals surface area contributed by atoms with Crippen LogP contribution in [0.2, 0.25) is 0 Å². The van der Waals surface area contributed by atoms with Crippen molar-refractivity contribution in [2.75, 3.05) is 0 Å². The van der Waals surface area contributed by atoms with Gasteiger partial charge < -0.3 is 5.11 Å². The molecule has 0 saturated carbocycles. The molecule has 0 saturated heterocycles. The summed E-state index contributed by atoms with van der Waals surface area (Å²) in [4.78, 5) is 11.3. The zero-order chi connectivity index (χ0) is 14.0. The van der Waals surface area contributed by atoms with Crippen molar-refractivity contribution in [3.63, 3.8) is 0 Å². The maximum Gasteiger partial charge on any atom is 0.331 e. The molecule has 1 heterocycles. The summed E-state index contributed by atoms with van der Waals surface area (Å²) in [5.74, 6) is -0.458. The Balaban J connectivity index is 2.33. The van der Waals surface area contributed by atoms with E-state index < -0.39 is 11.5 Å². The van der Waals surface area contributed by atoms with Gasteiger partial charge in [0.1, 0.15) is 0 Å². The van der Waals surface area contributed by atoms with Crippen LogP contribution in [0, 0.1) is 0 Å². The zero-order valence-corrected chi connectivity index (χ0v) is 12.1. The van der Waals surface area contributed by atoms with E-state index in [1.165, 1.54) is 4.68 Å². The van der Waals surface area contributed by atoms with Crippen LogP contribution < -0.4 is 0 Å². The first kappa shape index (κ1) is 13.7. The molecule has 1 N–H and O–H groups in total. The van der Waals surface area contributed by atoms with E-state index in [9.17, 15) is 9.90 Å². The number of nitrogens with zero attached hydrogens (tertiary/aromatic N) is 4. The molecule has 2 rings (SSSR count). The third kappa shape index (κ3) is 2.81. The third-order valence-corrected chi connectivity index (χ3v) is 3.33. The lowest BCUT2D eigenvalue weighted by atomic mass is 10.1. The summed E-state index contributed by atoms with van der Waals surface area (Å²) in [6.45, 7) is 3.13. The van der Waals surface area contributed by atoms with E-state index in [1.54, 1.807) is 13.8 Å². The average Bonchev–Trinajstić information content (AvgIpc) is 2.77. The van der Waals surface area contributed by atoms with Gasteiger partial charge in [0.25, 0.3) is 0 Å². The Kier molecular flexibility index (Phi) is 3.66. The summed E-state index contributed by atoms with van der Waals surface area (Å²) in [6, 6.07) is 7.73. The summed E-state index contributed by atoms with van der Waals surface area (Å²) in [5.41, 5.74) is -0.170. The summed E-state index contributed by atoms with van der Waals surface area (Å²) >= 11 is 3.39. The summed E-state index contributed by atoms with van der Waals surface area (Å²) in [6.07, 6.45) is 0.475. The number of carbonyl (C=O) groups is 1. The Morgan fingerprint density at radius 1 is 1.47 bits per heavy atom. The lowest BCUT2D eigenvalue weighted by Gasteiger charge is -2.20. The molecule has 7 heteroatoms. The molecule has 0 spiro atoms. The number of tetrazole rings is 1. The van der Waals surface area contributed by atoms with E-state index in [4.69, 9.17) is 0 Å². The van der Waals surface area contributed by atoms with Gasteiger partial charge >= 0.3 is 5.97 Å². The van der Waals surface area contributed by atoms with Crippen LogP contribution in [0.5, 0.6) is 0 Å². The molecule has 1 aromatic heterocycles. The van der Waals surface area contributed by atoms with Gasteiger partial charge in [-0.3, -0.25) is 0 Å². The minimum Gasteiger partial charge on any atom is -0.479 e. The number of halogens is 1. The fourth-order valence-corrected chi connectivity index (χ4v) is 2.12. The molecular weight excluding hydrogens is 312 g/mol. The fraction of sp³-hybridized carbons (Fsp3) is 0.333. The van der Waals surface area contributed by atoms with Crippen LogP contribution >= 0.6 is 15.9 Å². The molecular formula is C12H13BrN4O2. The Bertz CT molecular complexity index is 609. The van der Waals surface area contributed by atoms with Gasteiger partial charge in [0.2, 0.25) is 0 Å². The molecule has 6 nitrogen and oxygen atoms in total. The van der Waals surface area contributed by atoms with Crippen LogP contribution in [-0.2, 0) is 16.8 Å². The zero-order valence-electron chi connectivity index (χ0n) is 10.5. The number of benzene rings is 1. The van der Waals surface area contributed by atoms with Crippen molar-refractivity contribution in [2.24, 2.45) is 0 Å². The molecule has 0 amide bonds. The first-order valence-electron chi connectivity index (χ1n) is 5.67. The molecule has 2 aromatic rings. The Labute approximate surface area is 118 Å². The van der Waals surface area contributed by atoms with Gasteiger partial charge in [0.15, 0.2) is 11.4 Å². The second-order valence-electron chi connectivity index (χ2n) is 4.68. The van der Waals surface area contributed by atoms with Crippen LogP contribution in [-0.4, -0.2) is 31.3 Å². The highest BCUT2D eigenvalue weighted by atomic mass is 79.9. The quantitative estimate of drug-likeness (QED) is 0.928. The van der Waals surface area contributed by atoms with Crippen molar-refractivity contribution in [3.05, 3.63) is 40.1 Å². The smallest absolute Gasteiger partial charge is 0.331 e. The highest BCUT2D eigenvalue weighted by Crippen LogP contribution is 2.19. The van der Waals surface area contributed by atoms with Crippen molar-refractivity contribution >= 4 is 21.9 Å². The SMILES string of the molecule is CC(C)(C(=O)O)n1nnnc1Cc1cccc(Br)c1. The predicted molar refractivity (Wildman–Crippen MR) is 71.7 cm³/mol. The van der Waals surface area contributed by atoms with E-state index in [0.29, 0.717) is 12.2 Å². The minimum absolute atomic E-state index is 0.475. The predicted octanol–water partition coefficient (Wildman–Crippen LogP) is 1.85. The Morgan fingerprint density at radius 3 is 2.84 bits per heavy atom. The van der Waals surface area contributed by atoms with E-state index in [1.807, 2.05) is 24.3 Å². The maximum absolute atomic E-state index is 11.3. The third-order valence-electron chi connectivity index (χ3n) is 2.84. The van der Waals surface area contributed by atoms with Gasteiger partial charge in [-0.25, -0.2) is 9.48 Å². The van der Waals surface area contributed by atoms with Crippen LogP contribution in [0.4, 0.5) is 0 Å². The summed E-state index contributed by atoms with van der Waals surface area (Å²) in [7, 11) is 0. The molecule has 0 aliphatic heterocycles. The van der Waals surface area contributed by atoms with E-state index >= 15 is 0 Å². The highest BCUT2D eigenvalue weighted by molar-refractivity contribution is 9.10. The first-order chi connectivity index (χ1) is 8.91. The van der Waals surface area contributed by atoms with Crippen LogP contribution in [0.3, 0.4) is 0 Å². The molecule has 0 unspecified atom stereocenters. The van der Waals surface area contributed by atoms with E-state index in [2.05, 4.69) is 31.5 Å². The normalized spacial score (nSPS) is 11.5. The number of hydrogen-bond donors (Lipinski definition) is 1. The van der Waals surface area contributed by atoms with Crippen molar-refractivity contribution in [1.29, 1.82) is 0 Å². The average molecular weight is 325 g/mol. The Hall–Kier alpha value is -1.76. The van der Waals surface area contributed by atoms with Crippen molar-refractivity contribution in [2.45, 2.75) is 25.8 Å². The van der Waals surface area contributed by atoms with Crippen molar-refractivity contribution in [1.82, 2.24) is 20.2 Å². The molecule has 0 fully saturated rings.